The zero-order valence-corrected chi connectivity index (χ0v) is 9.92. The predicted molar refractivity (Wildman–Crippen MR) is 66.5 cm³/mol. The maximum Gasteiger partial charge on any atom is 0.340 e. The van der Waals surface area contributed by atoms with Crippen LogP contribution in [0.2, 0.25) is 0 Å². The van der Waals surface area contributed by atoms with Crippen molar-refractivity contribution in [1.29, 1.82) is 0 Å². The Hall–Kier alpha value is -1.51. The maximum absolute atomic E-state index is 11.8. The van der Waals surface area contributed by atoms with Crippen LogP contribution in [-0.4, -0.2) is 19.1 Å². The topological polar surface area (TPSA) is 38.3 Å². The third-order valence-corrected chi connectivity index (χ3v) is 3.60. The maximum atomic E-state index is 11.8. The summed E-state index contributed by atoms with van der Waals surface area (Å²) in [6.07, 6.45) is 6.01. The van der Waals surface area contributed by atoms with Crippen LogP contribution in [0.15, 0.2) is 12.1 Å². The van der Waals surface area contributed by atoms with Gasteiger partial charge in [0.25, 0.3) is 0 Å². The van der Waals surface area contributed by atoms with Gasteiger partial charge >= 0.3 is 5.97 Å². The molecule has 0 bridgehead atoms. The highest BCUT2D eigenvalue weighted by Crippen LogP contribution is 2.28. The Morgan fingerprint density at radius 3 is 2.65 bits per heavy atom. The first-order valence-corrected chi connectivity index (χ1v) is 6.41. The number of esters is 1. The van der Waals surface area contributed by atoms with Gasteiger partial charge in [0.1, 0.15) is 6.61 Å². The SMILES string of the molecule is O=C1OCCNc2cc3c(cc21)CCCCC3. The van der Waals surface area contributed by atoms with Gasteiger partial charge in [-0.15, -0.1) is 0 Å². The molecule has 0 saturated heterocycles. The molecule has 0 spiro atoms. The molecule has 0 atom stereocenters. The summed E-state index contributed by atoms with van der Waals surface area (Å²) in [6.45, 7) is 1.16. The summed E-state index contributed by atoms with van der Waals surface area (Å²) >= 11 is 0. The monoisotopic (exact) mass is 231 g/mol. The van der Waals surface area contributed by atoms with Crippen molar-refractivity contribution in [3.8, 4) is 0 Å². The highest BCUT2D eigenvalue weighted by Gasteiger charge is 2.20. The highest BCUT2D eigenvalue weighted by molar-refractivity contribution is 5.96. The van der Waals surface area contributed by atoms with Gasteiger partial charge in [0.15, 0.2) is 0 Å². The summed E-state index contributed by atoms with van der Waals surface area (Å²) in [5, 5.41) is 3.28. The smallest absolute Gasteiger partial charge is 0.340 e. The molecule has 1 N–H and O–H groups in total. The first-order valence-electron chi connectivity index (χ1n) is 6.41. The van der Waals surface area contributed by atoms with Crippen molar-refractivity contribution in [1.82, 2.24) is 0 Å². The number of rotatable bonds is 0. The van der Waals surface area contributed by atoms with E-state index in [1.165, 1.54) is 30.4 Å². The van der Waals surface area contributed by atoms with Crippen molar-refractivity contribution >= 4 is 11.7 Å². The second-order valence-corrected chi connectivity index (χ2v) is 4.79. The van der Waals surface area contributed by atoms with Crippen LogP contribution in [0.25, 0.3) is 0 Å². The standard InChI is InChI=1S/C14H17NO2/c16-14-12-8-10-4-2-1-3-5-11(10)9-13(12)15-6-7-17-14/h8-9,15H,1-7H2. The van der Waals surface area contributed by atoms with E-state index >= 15 is 0 Å². The van der Waals surface area contributed by atoms with Gasteiger partial charge in [-0.05, 0) is 48.9 Å². The second kappa shape index (κ2) is 4.40. The molecule has 0 radical (unpaired) electrons. The van der Waals surface area contributed by atoms with Gasteiger partial charge in [-0.3, -0.25) is 0 Å². The molecule has 0 saturated carbocycles. The van der Waals surface area contributed by atoms with E-state index in [0.29, 0.717) is 18.7 Å². The Kier molecular flexibility index (Phi) is 2.75. The molecule has 2 aliphatic rings. The van der Waals surface area contributed by atoms with Gasteiger partial charge < -0.3 is 10.1 Å². The van der Waals surface area contributed by atoms with Gasteiger partial charge in [-0.2, -0.15) is 0 Å². The van der Waals surface area contributed by atoms with E-state index in [1.807, 2.05) is 6.07 Å². The van der Waals surface area contributed by atoms with E-state index in [-0.39, 0.29) is 5.97 Å². The van der Waals surface area contributed by atoms with Gasteiger partial charge in [0.05, 0.1) is 5.56 Å². The molecule has 0 amide bonds. The molecule has 0 fully saturated rings. The van der Waals surface area contributed by atoms with E-state index in [4.69, 9.17) is 4.74 Å². The predicted octanol–water partition coefficient (Wildman–Crippen LogP) is 2.54. The third-order valence-electron chi connectivity index (χ3n) is 3.60. The summed E-state index contributed by atoms with van der Waals surface area (Å²) in [6, 6.07) is 4.19. The normalized spacial score (nSPS) is 19.2. The fourth-order valence-electron chi connectivity index (χ4n) is 2.68. The number of nitrogens with one attached hydrogen (secondary N) is 1. The van der Waals surface area contributed by atoms with Gasteiger partial charge in [-0.25, -0.2) is 4.79 Å². The number of fused-ring (bicyclic) bond motifs is 2. The van der Waals surface area contributed by atoms with E-state index in [1.54, 1.807) is 0 Å². The molecule has 1 aromatic carbocycles. The van der Waals surface area contributed by atoms with Crippen molar-refractivity contribution in [3.63, 3.8) is 0 Å². The van der Waals surface area contributed by atoms with Crippen molar-refractivity contribution in [2.24, 2.45) is 0 Å². The molecule has 1 aromatic rings. The lowest BCUT2D eigenvalue weighted by Crippen LogP contribution is -2.06. The van der Waals surface area contributed by atoms with Gasteiger partial charge in [-0.1, -0.05) is 6.42 Å². The lowest BCUT2D eigenvalue weighted by molar-refractivity contribution is 0.0529. The van der Waals surface area contributed by atoms with E-state index < -0.39 is 0 Å². The van der Waals surface area contributed by atoms with Crippen LogP contribution in [0.4, 0.5) is 5.69 Å². The molecular formula is C14H17NO2. The minimum Gasteiger partial charge on any atom is -0.460 e. The zero-order valence-electron chi connectivity index (χ0n) is 9.92. The number of hydrogen-bond donors (Lipinski definition) is 1. The van der Waals surface area contributed by atoms with Crippen LogP contribution in [0, 0.1) is 0 Å². The summed E-state index contributed by atoms with van der Waals surface area (Å²) in [7, 11) is 0. The largest absolute Gasteiger partial charge is 0.460 e. The number of ether oxygens (including phenoxy) is 1. The average Bonchev–Trinajstić information content (AvgIpc) is 2.66. The molecule has 1 heterocycles. The van der Waals surface area contributed by atoms with E-state index in [0.717, 1.165) is 18.5 Å². The number of benzene rings is 1. The fraction of sp³-hybridized carbons (Fsp3) is 0.500. The van der Waals surface area contributed by atoms with Crippen LogP contribution in [0.1, 0.15) is 40.7 Å². The van der Waals surface area contributed by atoms with Crippen molar-refractivity contribution < 1.29 is 9.53 Å². The molecule has 0 unspecified atom stereocenters. The minimum absolute atomic E-state index is 0.183. The Morgan fingerprint density at radius 2 is 1.82 bits per heavy atom. The van der Waals surface area contributed by atoms with E-state index in [2.05, 4.69) is 11.4 Å². The first-order chi connectivity index (χ1) is 8.34. The molecule has 0 aromatic heterocycles. The van der Waals surface area contributed by atoms with Crippen LogP contribution < -0.4 is 5.32 Å². The number of aryl methyl sites for hydroxylation is 2. The molecule has 1 aliphatic heterocycles. The van der Waals surface area contributed by atoms with Crippen LogP contribution in [-0.2, 0) is 17.6 Å². The second-order valence-electron chi connectivity index (χ2n) is 4.79. The van der Waals surface area contributed by atoms with Crippen molar-refractivity contribution in [3.05, 3.63) is 28.8 Å². The highest BCUT2D eigenvalue weighted by atomic mass is 16.5. The summed E-state index contributed by atoms with van der Waals surface area (Å²) in [4.78, 5) is 11.8. The van der Waals surface area contributed by atoms with Crippen molar-refractivity contribution in [2.45, 2.75) is 32.1 Å². The molecule has 3 nitrogen and oxygen atoms in total. The molecule has 1 aliphatic carbocycles. The summed E-state index contributed by atoms with van der Waals surface area (Å²) < 4.78 is 5.15. The average molecular weight is 231 g/mol. The van der Waals surface area contributed by atoms with Crippen molar-refractivity contribution in [2.75, 3.05) is 18.5 Å². The summed E-state index contributed by atoms with van der Waals surface area (Å²) in [5.41, 5.74) is 4.40. The minimum atomic E-state index is -0.183. The molecule has 90 valence electrons. The van der Waals surface area contributed by atoms with Crippen LogP contribution >= 0.6 is 0 Å². The lowest BCUT2D eigenvalue weighted by atomic mass is 9.98. The molecule has 3 heteroatoms. The Morgan fingerprint density at radius 1 is 1.06 bits per heavy atom. The Bertz CT molecular complexity index is 454. The van der Waals surface area contributed by atoms with Gasteiger partial charge in [0, 0.05) is 12.2 Å². The number of carbonyl (C=O) groups excluding carboxylic acids is 1. The lowest BCUT2D eigenvalue weighted by Gasteiger charge is -2.11. The van der Waals surface area contributed by atoms with Crippen LogP contribution in [0.3, 0.4) is 0 Å². The number of carbonyl (C=O) groups is 1. The van der Waals surface area contributed by atoms with Gasteiger partial charge in [0.2, 0.25) is 0 Å². The quantitative estimate of drug-likeness (QED) is 0.551. The number of hydrogen-bond acceptors (Lipinski definition) is 3. The first kappa shape index (κ1) is 10.6. The summed E-state index contributed by atoms with van der Waals surface area (Å²) in [5.74, 6) is -0.183. The Balaban J connectivity index is 2.06. The molecule has 17 heavy (non-hydrogen) atoms. The number of cyclic esters (lactones) is 1. The molecular weight excluding hydrogens is 214 g/mol. The molecule has 3 rings (SSSR count). The zero-order chi connectivity index (χ0) is 11.7. The fourth-order valence-corrected chi connectivity index (χ4v) is 2.68. The Labute approximate surface area is 101 Å². The van der Waals surface area contributed by atoms with E-state index in [9.17, 15) is 4.79 Å². The number of anilines is 1. The van der Waals surface area contributed by atoms with Crippen LogP contribution in [0.5, 0.6) is 0 Å². The third kappa shape index (κ3) is 2.02.